The lowest BCUT2D eigenvalue weighted by Crippen LogP contribution is -2.37. The lowest BCUT2D eigenvalue weighted by molar-refractivity contribution is -0.137. The summed E-state index contributed by atoms with van der Waals surface area (Å²) in [5.41, 5.74) is 2.02. The molecule has 0 aromatic heterocycles. The monoisotopic (exact) mass is 264 g/mol. The molecule has 1 amide bonds. The average Bonchev–Trinajstić information content (AvgIpc) is 2.31. The fourth-order valence-corrected chi connectivity index (χ4v) is 1.82. The third-order valence-corrected chi connectivity index (χ3v) is 2.80. The van der Waals surface area contributed by atoms with Crippen LogP contribution in [0.2, 0.25) is 0 Å². The molecule has 0 saturated heterocycles. The first kappa shape index (κ1) is 15.2. The van der Waals surface area contributed by atoms with Crippen molar-refractivity contribution in [2.24, 2.45) is 0 Å². The molecule has 0 aliphatic heterocycles. The molecule has 0 heterocycles. The maximum absolute atomic E-state index is 12.1. The molecule has 1 atom stereocenters. The number of amides is 1. The summed E-state index contributed by atoms with van der Waals surface area (Å²) in [7, 11) is 3.64. The molecule has 19 heavy (non-hydrogen) atoms. The zero-order valence-electron chi connectivity index (χ0n) is 11.5. The second-order valence-electron chi connectivity index (χ2n) is 4.71. The van der Waals surface area contributed by atoms with Crippen LogP contribution in [0, 0.1) is 6.92 Å². The van der Waals surface area contributed by atoms with Gasteiger partial charge in [0.1, 0.15) is 6.04 Å². The highest BCUT2D eigenvalue weighted by Gasteiger charge is 2.22. The van der Waals surface area contributed by atoms with E-state index in [9.17, 15) is 9.59 Å². The maximum Gasteiger partial charge on any atom is 0.305 e. The molecule has 1 rings (SSSR count). The summed E-state index contributed by atoms with van der Waals surface area (Å²) in [5.74, 6) is -1.10. The zero-order chi connectivity index (χ0) is 14.4. The van der Waals surface area contributed by atoms with E-state index >= 15 is 0 Å². The number of carbonyl (C=O) groups is 2. The third-order valence-electron chi connectivity index (χ3n) is 2.80. The molecule has 2 N–H and O–H groups in total. The van der Waals surface area contributed by atoms with Gasteiger partial charge in [0.25, 0.3) is 0 Å². The first-order chi connectivity index (χ1) is 8.91. The second kappa shape index (κ2) is 6.89. The molecule has 0 radical (unpaired) electrons. The van der Waals surface area contributed by atoms with Gasteiger partial charge in [-0.1, -0.05) is 29.8 Å². The van der Waals surface area contributed by atoms with Gasteiger partial charge in [0, 0.05) is 6.54 Å². The molecule has 0 unspecified atom stereocenters. The molecule has 0 aliphatic carbocycles. The van der Waals surface area contributed by atoms with Crippen LogP contribution in [0.25, 0.3) is 0 Å². The molecule has 0 spiro atoms. The Morgan fingerprint density at radius 2 is 1.84 bits per heavy atom. The predicted molar refractivity (Wildman–Crippen MR) is 72.9 cm³/mol. The fraction of sp³-hybridized carbons (Fsp3) is 0.429. The maximum atomic E-state index is 12.1. The molecular formula is C14H20N2O3. The van der Waals surface area contributed by atoms with Crippen molar-refractivity contribution in [2.75, 3.05) is 20.6 Å². The lowest BCUT2D eigenvalue weighted by Gasteiger charge is -2.23. The summed E-state index contributed by atoms with van der Waals surface area (Å²) < 4.78 is 0. The van der Waals surface area contributed by atoms with Gasteiger partial charge in [0.15, 0.2) is 0 Å². The number of hydrogen-bond donors (Lipinski definition) is 2. The number of nitrogens with zero attached hydrogens (tertiary/aromatic N) is 1. The first-order valence-corrected chi connectivity index (χ1v) is 6.14. The Kier molecular flexibility index (Phi) is 5.51. The van der Waals surface area contributed by atoms with Crippen molar-refractivity contribution in [1.29, 1.82) is 0 Å². The van der Waals surface area contributed by atoms with Gasteiger partial charge in [0.05, 0.1) is 6.42 Å². The van der Waals surface area contributed by atoms with Crippen LogP contribution in [0.4, 0.5) is 0 Å². The van der Waals surface area contributed by atoms with E-state index in [1.54, 1.807) is 4.90 Å². The molecule has 1 aromatic rings. The topological polar surface area (TPSA) is 69.6 Å². The second-order valence-corrected chi connectivity index (χ2v) is 4.71. The van der Waals surface area contributed by atoms with Crippen LogP contribution >= 0.6 is 0 Å². The summed E-state index contributed by atoms with van der Waals surface area (Å²) in [5, 5.41) is 11.2. The molecule has 104 valence electrons. The van der Waals surface area contributed by atoms with Crippen LogP contribution in [-0.2, 0) is 9.59 Å². The van der Waals surface area contributed by atoms with Crippen LogP contribution < -0.4 is 5.32 Å². The Bertz CT molecular complexity index is 441. The highest BCUT2D eigenvalue weighted by molar-refractivity contribution is 5.83. The normalized spacial score (nSPS) is 12.2. The van der Waals surface area contributed by atoms with E-state index in [4.69, 9.17) is 5.11 Å². The van der Waals surface area contributed by atoms with E-state index < -0.39 is 12.0 Å². The predicted octanol–water partition coefficient (Wildman–Crippen LogP) is 1.19. The van der Waals surface area contributed by atoms with E-state index in [0.29, 0.717) is 0 Å². The molecule has 0 aliphatic rings. The number of benzene rings is 1. The Morgan fingerprint density at radius 3 is 2.32 bits per heavy atom. The number of carboxylic acid groups (broad SMARTS) is 1. The Morgan fingerprint density at radius 1 is 1.26 bits per heavy atom. The quantitative estimate of drug-likeness (QED) is 0.809. The smallest absolute Gasteiger partial charge is 0.305 e. The van der Waals surface area contributed by atoms with Gasteiger partial charge in [-0.2, -0.15) is 0 Å². The van der Waals surface area contributed by atoms with Crippen LogP contribution in [0.1, 0.15) is 23.6 Å². The SMILES string of the molecule is Cc1ccc([C@@H](C(=O)NCCC(=O)O)N(C)C)cc1. The van der Waals surface area contributed by atoms with Gasteiger partial charge in [-0.05, 0) is 26.6 Å². The van der Waals surface area contributed by atoms with Crippen LogP contribution in [-0.4, -0.2) is 42.5 Å². The number of hydrogen-bond acceptors (Lipinski definition) is 3. The van der Waals surface area contributed by atoms with Crippen LogP contribution in [0.5, 0.6) is 0 Å². The zero-order valence-corrected chi connectivity index (χ0v) is 11.5. The number of nitrogens with one attached hydrogen (secondary N) is 1. The van der Waals surface area contributed by atoms with Gasteiger partial charge >= 0.3 is 5.97 Å². The summed E-state index contributed by atoms with van der Waals surface area (Å²) in [6, 6.07) is 7.33. The number of rotatable bonds is 6. The van der Waals surface area contributed by atoms with Gasteiger partial charge in [0.2, 0.25) is 5.91 Å². The van der Waals surface area contributed by atoms with Crippen molar-refractivity contribution in [1.82, 2.24) is 10.2 Å². The van der Waals surface area contributed by atoms with Crippen molar-refractivity contribution in [3.8, 4) is 0 Å². The summed E-state index contributed by atoms with van der Waals surface area (Å²) in [4.78, 5) is 24.3. The largest absolute Gasteiger partial charge is 0.481 e. The van der Waals surface area contributed by atoms with Gasteiger partial charge in [-0.15, -0.1) is 0 Å². The molecule has 0 saturated carbocycles. The standard InChI is InChI=1S/C14H20N2O3/c1-10-4-6-11(7-5-10)13(16(2)3)14(19)15-9-8-12(17)18/h4-7,13H,8-9H2,1-3H3,(H,15,19)(H,17,18)/t13-/m0/s1. The highest BCUT2D eigenvalue weighted by Crippen LogP contribution is 2.18. The van der Waals surface area contributed by atoms with E-state index in [0.717, 1.165) is 11.1 Å². The molecular weight excluding hydrogens is 244 g/mol. The van der Waals surface area contributed by atoms with E-state index in [1.807, 2.05) is 45.3 Å². The summed E-state index contributed by atoms with van der Waals surface area (Å²) in [6.07, 6.45) is -0.0697. The summed E-state index contributed by atoms with van der Waals surface area (Å²) in [6.45, 7) is 2.13. The van der Waals surface area contributed by atoms with Crippen LogP contribution in [0.3, 0.4) is 0 Å². The number of aryl methyl sites for hydroxylation is 1. The van der Waals surface area contributed by atoms with E-state index in [-0.39, 0.29) is 18.9 Å². The molecule has 0 fully saturated rings. The fourth-order valence-electron chi connectivity index (χ4n) is 1.82. The van der Waals surface area contributed by atoms with Crippen molar-refractivity contribution >= 4 is 11.9 Å². The molecule has 5 nitrogen and oxygen atoms in total. The summed E-state index contributed by atoms with van der Waals surface area (Å²) >= 11 is 0. The number of likely N-dealkylation sites (N-methyl/N-ethyl adjacent to an activating group) is 1. The first-order valence-electron chi connectivity index (χ1n) is 6.14. The van der Waals surface area contributed by atoms with Crippen molar-refractivity contribution in [3.05, 3.63) is 35.4 Å². The lowest BCUT2D eigenvalue weighted by atomic mass is 10.0. The Hall–Kier alpha value is -1.88. The van der Waals surface area contributed by atoms with Gasteiger partial charge in [-0.25, -0.2) is 0 Å². The molecule has 0 bridgehead atoms. The number of aliphatic carboxylic acids is 1. The number of carboxylic acids is 1. The molecule has 1 aromatic carbocycles. The van der Waals surface area contributed by atoms with E-state index in [2.05, 4.69) is 5.32 Å². The molecule has 5 heteroatoms. The van der Waals surface area contributed by atoms with Crippen molar-refractivity contribution in [2.45, 2.75) is 19.4 Å². The Labute approximate surface area is 113 Å². The van der Waals surface area contributed by atoms with Crippen molar-refractivity contribution in [3.63, 3.8) is 0 Å². The number of carbonyl (C=O) groups excluding carboxylic acids is 1. The minimum atomic E-state index is -0.919. The Balaban J connectivity index is 2.74. The highest BCUT2D eigenvalue weighted by atomic mass is 16.4. The van der Waals surface area contributed by atoms with Gasteiger partial charge < -0.3 is 10.4 Å². The third kappa shape index (κ3) is 4.71. The average molecular weight is 264 g/mol. The van der Waals surface area contributed by atoms with E-state index in [1.165, 1.54) is 0 Å². The minimum Gasteiger partial charge on any atom is -0.481 e. The van der Waals surface area contributed by atoms with Crippen molar-refractivity contribution < 1.29 is 14.7 Å². The minimum absolute atomic E-state index is 0.0697. The van der Waals surface area contributed by atoms with Crippen LogP contribution in [0.15, 0.2) is 24.3 Å². The van der Waals surface area contributed by atoms with Gasteiger partial charge in [-0.3, -0.25) is 14.5 Å².